The number of ketones is 3. The van der Waals surface area contributed by atoms with Crippen molar-refractivity contribution in [2.45, 2.75) is 167 Å². The second kappa shape index (κ2) is 51.9. The van der Waals surface area contributed by atoms with Gasteiger partial charge in [0, 0.05) is 109 Å². The van der Waals surface area contributed by atoms with Crippen molar-refractivity contribution in [2.24, 2.45) is 5.73 Å². The van der Waals surface area contributed by atoms with Crippen LogP contribution in [0.4, 0.5) is 0 Å². The molecule has 0 aromatic rings. The minimum Gasteiger partial charge on any atom is -0.385 e. The van der Waals surface area contributed by atoms with E-state index < -0.39 is 0 Å². The molecular weight excluding hydrogens is 1570 g/mol. The third-order valence-corrected chi connectivity index (χ3v) is 12.3. The van der Waals surface area contributed by atoms with Crippen molar-refractivity contribution in [3.8, 4) is 0 Å². The van der Waals surface area contributed by atoms with E-state index >= 15 is 0 Å². The maximum atomic E-state index is 11.1. The van der Waals surface area contributed by atoms with Gasteiger partial charge in [0.05, 0.1) is 2.43 Å². The van der Waals surface area contributed by atoms with Crippen molar-refractivity contribution < 1.29 is 23.9 Å². The molecule has 0 aliphatic carbocycles. The summed E-state index contributed by atoms with van der Waals surface area (Å²) in [6, 6.07) is 3.00. The Kier molecular flexibility index (Phi) is 57.3. The van der Waals surface area contributed by atoms with Gasteiger partial charge in [-0.15, -0.1) is 12.4 Å². The number of nitrogens with two attached hydrogens (primary N) is 1. The van der Waals surface area contributed by atoms with E-state index in [9.17, 15) is 19.2 Å². The van der Waals surface area contributed by atoms with Crippen LogP contribution in [0.2, 0.25) is 0 Å². The molecule has 7 aliphatic heterocycles. The lowest BCUT2D eigenvalue weighted by Crippen LogP contribution is -2.34. The van der Waals surface area contributed by atoms with E-state index in [1.54, 1.807) is 27.9 Å². The zero-order chi connectivity index (χ0) is 50.8. The Morgan fingerprint density at radius 1 is 0.676 bits per heavy atom. The van der Waals surface area contributed by atoms with Gasteiger partial charge >= 0.3 is 0 Å². The number of halogens is 7. The number of carbonyl (C=O) groups excluding carboxylic acids is 4. The Bertz CT molecular complexity index is 1170. The third kappa shape index (κ3) is 42.0. The molecule has 406 valence electrons. The van der Waals surface area contributed by atoms with Gasteiger partial charge in [0.15, 0.2) is 0 Å². The molecule has 0 unspecified atom stereocenters. The van der Waals surface area contributed by atoms with Gasteiger partial charge in [-0.05, 0) is 155 Å². The highest BCUT2D eigenvalue weighted by molar-refractivity contribution is 14.3. The number of ether oxygens (including phenoxy) is 1. The number of carbonyl (C=O) groups is 4. The van der Waals surface area contributed by atoms with Crippen LogP contribution in [-0.2, 0) is 23.9 Å². The number of nitrogens with one attached hydrogen (secondary N) is 3. The first-order chi connectivity index (χ1) is 32.1. The normalized spacial score (nSPS) is 24.0. The predicted molar refractivity (Wildman–Crippen MR) is 343 cm³/mol. The number of rotatable bonds is 11. The van der Waals surface area contributed by atoms with Gasteiger partial charge in [-0.25, -0.2) is 0 Å². The van der Waals surface area contributed by atoms with Gasteiger partial charge in [-0.1, -0.05) is 142 Å². The van der Waals surface area contributed by atoms with Crippen molar-refractivity contribution in [2.75, 3.05) is 106 Å². The third-order valence-electron chi connectivity index (χ3n) is 12.3. The molecule has 7 fully saturated rings. The molecule has 7 rings (SSSR count). The summed E-state index contributed by atoms with van der Waals surface area (Å²) in [5, 5.41) is 9.59. The molecule has 1 amide bonds. The fraction of sp³-hybridized carbons (Fsp3) is 0.917. The minimum atomic E-state index is 0. The quantitative estimate of drug-likeness (QED) is 0.115. The van der Waals surface area contributed by atoms with Crippen LogP contribution in [0.1, 0.15) is 137 Å². The molecular formula is C48H95ClI6N8O5. The van der Waals surface area contributed by atoms with E-state index in [0.717, 1.165) is 71.1 Å². The molecule has 0 bridgehead atoms. The van der Waals surface area contributed by atoms with E-state index in [0.29, 0.717) is 54.5 Å². The number of nitrogens with zero attached hydrogens (tertiary/aromatic N) is 4. The summed E-state index contributed by atoms with van der Waals surface area (Å²) in [6.45, 7) is 24.4. The highest BCUT2D eigenvalue weighted by atomic mass is 127. The largest absolute Gasteiger partial charge is 0.385 e. The molecule has 0 aromatic carbocycles. The van der Waals surface area contributed by atoms with Crippen molar-refractivity contribution in [1.82, 2.24) is 35.6 Å². The number of methoxy groups -OCH3 is 1. The topological polar surface area (TPSA) is 153 Å². The van der Waals surface area contributed by atoms with Crippen molar-refractivity contribution >= 4 is 171 Å². The molecule has 0 saturated carbocycles. The van der Waals surface area contributed by atoms with E-state index in [1.807, 2.05) is 11.9 Å². The summed E-state index contributed by atoms with van der Waals surface area (Å²) in [7, 11) is 1.68. The highest BCUT2D eigenvalue weighted by Crippen LogP contribution is 2.23. The molecule has 68 heavy (non-hydrogen) atoms. The molecule has 13 nitrogen and oxygen atoms in total. The molecule has 7 aliphatic rings. The standard InChI is InChI=1S/C10H19NO.C9H18N2O.C8H14N2O.C8H16N2.C7H13NO.C3H8O.CHI3.CH2I2.CH3I.ClH/c1-3-6-11-7-4-5-10(11)8-9(2)12;1-8(12)7-9-3-2-5-11(9)6-4-10;11-8-6-7-2-1-4-10(7)5-3-9-8;1-2-8-3-4-9-5-7-10(8)6-1;1-6(9)5-7-3-2-4-8-7;1-3-4-2;2-1(3)4;2-1-3;1-2;/h10H,3-8H2,1-2H3;9H,2-7,10H2,1H3;7H,1-6H2,(H,9,11);8-9H,1-7H2;7-8H,2-5H2,1H3;3H2,1-2H3;1H;1H2;1H3;1H/t10-;9-;7-;8-;7-;;;;;/m00000...../s1. The molecule has 7 saturated heterocycles. The van der Waals surface area contributed by atoms with E-state index in [2.05, 4.69) is 183 Å². The number of likely N-dealkylation sites (tertiary alicyclic amines) is 2. The van der Waals surface area contributed by atoms with Crippen molar-refractivity contribution in [3.05, 3.63) is 0 Å². The SMILES string of the molecule is C1C[C@H]2CCNCCN2C1.CC(=O)C[C@@H]1CCCN1.CC(=O)C[C@@H]1CCCN1CCN.CCCN1CCC[C@H]1CC(C)=O.CCOC.CI.Cl.IC(I)I.ICI.O=C1C[C@@H]2CCCN2CCN1. The van der Waals surface area contributed by atoms with Gasteiger partial charge in [0.25, 0.3) is 0 Å². The lowest BCUT2D eigenvalue weighted by Gasteiger charge is -2.22. The summed E-state index contributed by atoms with van der Waals surface area (Å²) < 4.78 is 6.48. The zero-order valence-electron chi connectivity index (χ0n) is 43.0. The second-order valence-electron chi connectivity index (χ2n) is 17.6. The van der Waals surface area contributed by atoms with Crippen LogP contribution < -0.4 is 21.7 Å². The number of alkyl halides is 6. The molecule has 0 radical (unpaired) electrons. The highest BCUT2D eigenvalue weighted by Gasteiger charge is 2.29. The Morgan fingerprint density at radius 2 is 1.15 bits per heavy atom. The molecule has 5 N–H and O–H groups in total. The van der Waals surface area contributed by atoms with Gasteiger partial charge in [-0.3, -0.25) is 38.8 Å². The Balaban J connectivity index is -0.000000729. The predicted octanol–water partition coefficient (Wildman–Crippen LogP) is 9.88. The molecule has 0 aromatic heterocycles. The molecule has 7 heterocycles. The van der Waals surface area contributed by atoms with Crippen LogP contribution >= 0.6 is 148 Å². The average molecular weight is 1660 g/mol. The van der Waals surface area contributed by atoms with E-state index in [-0.39, 0.29) is 18.3 Å². The smallest absolute Gasteiger partial charge is 0.221 e. The fourth-order valence-electron chi connectivity index (χ4n) is 9.41. The average Bonchev–Trinajstić information content (AvgIpc) is 4.15. The van der Waals surface area contributed by atoms with Crippen molar-refractivity contribution in [1.29, 1.82) is 0 Å². The first-order valence-corrected chi connectivity index (χ1v) is 33.9. The van der Waals surface area contributed by atoms with Crippen LogP contribution in [0.3, 0.4) is 0 Å². The lowest BCUT2D eigenvalue weighted by atomic mass is 10.1. The van der Waals surface area contributed by atoms with Crippen LogP contribution in [0.5, 0.6) is 0 Å². The number of Topliss-reactive ketones (excluding diaryl/α,β-unsaturated/α-hetero) is 3. The maximum Gasteiger partial charge on any atom is 0.221 e. The summed E-state index contributed by atoms with van der Waals surface area (Å²) in [5.74, 6) is 1.17. The van der Waals surface area contributed by atoms with Crippen molar-refractivity contribution in [3.63, 3.8) is 0 Å². The second-order valence-corrected chi connectivity index (χ2v) is 33.0. The summed E-state index contributed by atoms with van der Waals surface area (Å²) >= 11 is 13.6. The first kappa shape index (κ1) is 75.1. The lowest BCUT2D eigenvalue weighted by molar-refractivity contribution is -0.121. The van der Waals surface area contributed by atoms with E-state index in [1.165, 1.54) is 119 Å². The van der Waals surface area contributed by atoms with E-state index in [4.69, 9.17) is 5.73 Å². The first-order valence-electron chi connectivity index (χ1n) is 24.9. The Labute approximate surface area is 503 Å². The molecule has 20 heteroatoms. The van der Waals surface area contributed by atoms with Crippen LogP contribution in [0.25, 0.3) is 0 Å². The number of hydrogen-bond acceptors (Lipinski definition) is 12. The Hall–Kier alpha value is 2.83. The van der Waals surface area contributed by atoms with Gasteiger partial charge < -0.3 is 26.4 Å². The number of amides is 1. The number of hydrogen-bond donors (Lipinski definition) is 4. The van der Waals surface area contributed by atoms with Crippen LogP contribution in [-0.4, -0.2) is 179 Å². The molecule has 5 atom stereocenters. The van der Waals surface area contributed by atoms with Gasteiger partial charge in [0.1, 0.15) is 17.3 Å². The summed E-state index contributed by atoms with van der Waals surface area (Å²) in [5.41, 5.74) is 5.47. The van der Waals surface area contributed by atoms with Gasteiger partial charge in [0.2, 0.25) is 5.91 Å². The maximum absolute atomic E-state index is 11.1. The van der Waals surface area contributed by atoms with Gasteiger partial charge in [-0.2, -0.15) is 0 Å². The minimum absolute atomic E-state index is 0. The zero-order valence-corrected chi connectivity index (χ0v) is 56.7. The summed E-state index contributed by atoms with van der Waals surface area (Å²) in [6.07, 6.45) is 18.2. The number of fused-ring (bicyclic) bond motifs is 2. The molecule has 0 spiro atoms. The van der Waals surface area contributed by atoms with Crippen LogP contribution in [0, 0.1) is 0 Å². The van der Waals surface area contributed by atoms with Crippen LogP contribution in [0.15, 0.2) is 0 Å². The monoisotopic (exact) mass is 1660 g/mol. The fourth-order valence-corrected chi connectivity index (χ4v) is 9.41. The Morgan fingerprint density at radius 3 is 1.60 bits per heavy atom. The summed E-state index contributed by atoms with van der Waals surface area (Å²) in [4.78, 5) is 55.3.